The van der Waals surface area contributed by atoms with Crippen molar-refractivity contribution in [1.29, 1.82) is 0 Å². The van der Waals surface area contributed by atoms with Crippen molar-refractivity contribution in [3.8, 4) is 0 Å². The number of carbonyl (C=O) groups excluding carboxylic acids is 1. The van der Waals surface area contributed by atoms with Crippen molar-refractivity contribution in [1.82, 2.24) is 15.2 Å². The molecule has 1 saturated heterocycles. The third-order valence-electron chi connectivity index (χ3n) is 4.11. The summed E-state index contributed by atoms with van der Waals surface area (Å²) in [7, 11) is 0. The molecule has 1 fully saturated rings. The standard InChI is InChI=1S/C18H25N5O2S/c1-4-16-20-18(22-21-16)26-11-17(24)19-14-5-7-15(8-6-14)23-9-12(2)25-13(3)10-23/h5-8,12-13H,4,9-11H2,1-3H3,(H,19,24)(H,20,21,22)/t12-,13-/m0/s1. The number of nitrogens with zero attached hydrogens (tertiary/aromatic N) is 3. The fraction of sp³-hybridized carbons (Fsp3) is 0.500. The van der Waals surface area contributed by atoms with Gasteiger partial charge in [0.2, 0.25) is 11.1 Å². The van der Waals surface area contributed by atoms with Gasteiger partial charge in [-0.3, -0.25) is 9.89 Å². The molecule has 8 heteroatoms. The molecule has 1 aromatic carbocycles. The molecule has 2 aromatic rings. The number of anilines is 2. The lowest BCUT2D eigenvalue weighted by Crippen LogP contribution is -2.45. The minimum Gasteiger partial charge on any atom is -0.372 e. The van der Waals surface area contributed by atoms with Gasteiger partial charge in [-0.15, -0.1) is 5.10 Å². The van der Waals surface area contributed by atoms with Crippen LogP contribution in [0.15, 0.2) is 29.4 Å². The molecule has 2 atom stereocenters. The van der Waals surface area contributed by atoms with E-state index < -0.39 is 0 Å². The Kier molecular flexibility index (Phi) is 6.16. The molecule has 1 aliphatic rings. The molecule has 0 radical (unpaired) electrons. The predicted molar refractivity (Wildman–Crippen MR) is 104 cm³/mol. The molecule has 7 nitrogen and oxygen atoms in total. The van der Waals surface area contributed by atoms with Crippen molar-refractivity contribution in [3.63, 3.8) is 0 Å². The van der Waals surface area contributed by atoms with Crippen LogP contribution in [0.3, 0.4) is 0 Å². The molecule has 0 bridgehead atoms. The Morgan fingerprint density at radius 3 is 2.62 bits per heavy atom. The number of morpholine rings is 1. The van der Waals surface area contributed by atoms with Crippen molar-refractivity contribution in [2.45, 2.75) is 44.6 Å². The maximum atomic E-state index is 12.1. The van der Waals surface area contributed by atoms with Crippen molar-refractivity contribution in [3.05, 3.63) is 30.1 Å². The molecule has 0 spiro atoms. The van der Waals surface area contributed by atoms with Gasteiger partial charge in [0.25, 0.3) is 0 Å². The number of hydrogen-bond donors (Lipinski definition) is 2. The van der Waals surface area contributed by atoms with E-state index in [1.807, 2.05) is 31.2 Å². The van der Waals surface area contributed by atoms with E-state index >= 15 is 0 Å². The second kappa shape index (κ2) is 8.55. The molecular formula is C18H25N5O2S. The monoisotopic (exact) mass is 375 g/mol. The number of hydrogen-bond acceptors (Lipinski definition) is 6. The first-order chi connectivity index (χ1) is 12.5. The van der Waals surface area contributed by atoms with E-state index in [-0.39, 0.29) is 23.9 Å². The minimum atomic E-state index is -0.0702. The number of rotatable bonds is 6. The average Bonchev–Trinajstić information content (AvgIpc) is 3.08. The first-order valence-electron chi connectivity index (χ1n) is 8.88. The Hall–Kier alpha value is -2.06. The molecular weight excluding hydrogens is 350 g/mol. The van der Waals surface area contributed by atoms with Crippen LogP contribution in [0.5, 0.6) is 0 Å². The highest BCUT2D eigenvalue weighted by molar-refractivity contribution is 7.99. The zero-order valence-electron chi connectivity index (χ0n) is 15.4. The molecule has 3 rings (SSSR count). The number of aryl methyl sites for hydroxylation is 1. The Morgan fingerprint density at radius 1 is 1.31 bits per heavy atom. The lowest BCUT2D eigenvalue weighted by atomic mass is 10.2. The smallest absolute Gasteiger partial charge is 0.234 e. The number of nitrogens with one attached hydrogen (secondary N) is 2. The van der Waals surface area contributed by atoms with Gasteiger partial charge in [-0.25, -0.2) is 4.98 Å². The summed E-state index contributed by atoms with van der Waals surface area (Å²) in [5.74, 6) is 1.04. The van der Waals surface area contributed by atoms with Crippen LogP contribution in [0, 0.1) is 0 Å². The van der Waals surface area contributed by atoms with Gasteiger partial charge in [0.15, 0.2) is 0 Å². The number of benzene rings is 1. The number of thioether (sulfide) groups is 1. The Labute approximate surface area is 157 Å². The normalized spacial score (nSPS) is 20.2. The first-order valence-corrected chi connectivity index (χ1v) is 9.86. The molecule has 2 heterocycles. The summed E-state index contributed by atoms with van der Waals surface area (Å²) in [5.41, 5.74) is 1.94. The maximum Gasteiger partial charge on any atom is 0.234 e. The summed E-state index contributed by atoms with van der Waals surface area (Å²) >= 11 is 1.32. The number of amides is 1. The molecule has 0 aliphatic carbocycles. The van der Waals surface area contributed by atoms with Crippen molar-refractivity contribution < 1.29 is 9.53 Å². The minimum absolute atomic E-state index is 0.0702. The molecule has 2 N–H and O–H groups in total. The lowest BCUT2D eigenvalue weighted by molar-refractivity contribution is -0.113. The Balaban J connectivity index is 1.51. The van der Waals surface area contributed by atoms with Gasteiger partial charge in [-0.2, -0.15) is 0 Å². The molecule has 1 aromatic heterocycles. The molecule has 140 valence electrons. The van der Waals surface area contributed by atoms with Crippen molar-refractivity contribution in [2.24, 2.45) is 0 Å². The second-order valence-electron chi connectivity index (χ2n) is 6.46. The van der Waals surface area contributed by atoms with Crippen LogP contribution in [0.4, 0.5) is 11.4 Å². The summed E-state index contributed by atoms with van der Waals surface area (Å²) in [4.78, 5) is 18.7. The zero-order chi connectivity index (χ0) is 18.5. The number of aromatic amines is 1. The topological polar surface area (TPSA) is 83.1 Å². The number of aromatic nitrogens is 3. The number of H-pyrrole nitrogens is 1. The number of carbonyl (C=O) groups is 1. The van der Waals surface area contributed by atoms with E-state index in [4.69, 9.17) is 4.74 Å². The summed E-state index contributed by atoms with van der Waals surface area (Å²) in [6.45, 7) is 7.94. The third kappa shape index (κ3) is 4.98. The average molecular weight is 375 g/mol. The van der Waals surface area contributed by atoms with Crippen LogP contribution >= 0.6 is 11.8 Å². The highest BCUT2D eigenvalue weighted by Gasteiger charge is 2.22. The summed E-state index contributed by atoms with van der Waals surface area (Å²) in [6, 6.07) is 7.95. The highest BCUT2D eigenvalue weighted by Crippen LogP contribution is 2.22. The molecule has 1 amide bonds. The summed E-state index contributed by atoms with van der Waals surface area (Å²) < 4.78 is 5.77. The Bertz CT molecular complexity index is 723. The van der Waals surface area contributed by atoms with Gasteiger partial charge in [-0.1, -0.05) is 18.7 Å². The van der Waals surface area contributed by atoms with E-state index in [0.717, 1.165) is 36.7 Å². The number of ether oxygens (including phenoxy) is 1. The maximum absolute atomic E-state index is 12.1. The van der Waals surface area contributed by atoms with Gasteiger partial charge in [0, 0.05) is 30.9 Å². The van der Waals surface area contributed by atoms with Gasteiger partial charge < -0.3 is 15.0 Å². The zero-order valence-corrected chi connectivity index (χ0v) is 16.2. The van der Waals surface area contributed by atoms with E-state index in [1.165, 1.54) is 11.8 Å². The van der Waals surface area contributed by atoms with Gasteiger partial charge in [0.1, 0.15) is 5.82 Å². The van der Waals surface area contributed by atoms with E-state index in [9.17, 15) is 4.79 Å². The fourth-order valence-electron chi connectivity index (χ4n) is 2.97. The van der Waals surface area contributed by atoms with E-state index in [2.05, 4.69) is 39.2 Å². The SMILES string of the molecule is CCc1nc(SCC(=O)Nc2ccc(N3C[C@H](C)O[C@@H](C)C3)cc2)n[nH]1. The molecule has 0 unspecified atom stereocenters. The van der Waals surface area contributed by atoms with Crippen LogP contribution in [0.2, 0.25) is 0 Å². The van der Waals surface area contributed by atoms with Crippen LogP contribution in [0.25, 0.3) is 0 Å². The molecule has 0 saturated carbocycles. The Morgan fingerprint density at radius 2 is 2.00 bits per heavy atom. The molecule has 26 heavy (non-hydrogen) atoms. The summed E-state index contributed by atoms with van der Waals surface area (Å²) in [6.07, 6.45) is 1.24. The third-order valence-corrected chi connectivity index (χ3v) is 4.96. The van der Waals surface area contributed by atoms with E-state index in [0.29, 0.717) is 5.16 Å². The van der Waals surface area contributed by atoms with Crippen LogP contribution < -0.4 is 10.2 Å². The predicted octanol–water partition coefficient (Wildman–Crippen LogP) is 2.71. The molecule has 1 aliphatic heterocycles. The van der Waals surface area contributed by atoms with Crippen LogP contribution in [0.1, 0.15) is 26.6 Å². The van der Waals surface area contributed by atoms with Gasteiger partial charge >= 0.3 is 0 Å². The quantitative estimate of drug-likeness (QED) is 0.756. The van der Waals surface area contributed by atoms with Crippen LogP contribution in [-0.4, -0.2) is 52.1 Å². The largest absolute Gasteiger partial charge is 0.372 e. The highest BCUT2D eigenvalue weighted by atomic mass is 32.2. The fourth-order valence-corrected chi connectivity index (χ4v) is 3.59. The first kappa shape index (κ1) is 18.7. The van der Waals surface area contributed by atoms with E-state index in [1.54, 1.807) is 0 Å². The van der Waals surface area contributed by atoms with Gasteiger partial charge in [0.05, 0.1) is 18.0 Å². The lowest BCUT2D eigenvalue weighted by Gasteiger charge is -2.36. The van der Waals surface area contributed by atoms with Crippen molar-refractivity contribution in [2.75, 3.05) is 29.1 Å². The van der Waals surface area contributed by atoms with Crippen molar-refractivity contribution >= 4 is 29.0 Å². The van der Waals surface area contributed by atoms with Crippen LogP contribution in [-0.2, 0) is 16.0 Å². The summed E-state index contributed by atoms with van der Waals surface area (Å²) in [5, 5.41) is 10.4. The van der Waals surface area contributed by atoms with Gasteiger partial charge in [-0.05, 0) is 38.1 Å². The second-order valence-corrected chi connectivity index (χ2v) is 7.41.